The highest BCUT2D eigenvalue weighted by Crippen LogP contribution is 2.39. The van der Waals surface area contributed by atoms with E-state index in [0.29, 0.717) is 33.5 Å². The minimum atomic E-state index is -0.404. The topological polar surface area (TPSA) is 90.9 Å². The molecule has 2 aromatic heterocycles. The summed E-state index contributed by atoms with van der Waals surface area (Å²) >= 11 is 6.91. The first-order valence-electron chi connectivity index (χ1n) is 9.66. The molecule has 1 aliphatic rings. The standard InChI is InChI=1S/C22H20N4O2S2/c1-12-8-9-15-16(11-23)21(30-17(15)10-12)25-22(29)24-20(27)18-13(2)28-26-19(18)14-6-4-3-5-7-14/h3-7,12H,8-10H2,1-2H3,(H2,24,25,27,29)/t12-/m1/s1. The quantitative estimate of drug-likeness (QED) is 0.571. The van der Waals surface area contributed by atoms with Crippen LogP contribution in [0, 0.1) is 24.2 Å². The fourth-order valence-electron chi connectivity index (χ4n) is 3.69. The van der Waals surface area contributed by atoms with Crippen LogP contribution >= 0.6 is 23.6 Å². The van der Waals surface area contributed by atoms with Gasteiger partial charge in [-0.1, -0.05) is 42.4 Å². The van der Waals surface area contributed by atoms with Crippen molar-refractivity contribution in [2.24, 2.45) is 5.92 Å². The number of thiocarbonyl (C=S) groups is 1. The molecule has 0 saturated heterocycles. The molecule has 1 atom stereocenters. The van der Waals surface area contributed by atoms with Gasteiger partial charge in [0.25, 0.3) is 5.91 Å². The molecular weight excluding hydrogens is 416 g/mol. The van der Waals surface area contributed by atoms with Crippen molar-refractivity contribution in [3.8, 4) is 17.3 Å². The van der Waals surface area contributed by atoms with Gasteiger partial charge in [-0.3, -0.25) is 10.1 Å². The minimum absolute atomic E-state index is 0.141. The molecule has 8 heteroatoms. The summed E-state index contributed by atoms with van der Waals surface area (Å²) in [5, 5.41) is 20.3. The molecule has 1 amide bonds. The highest BCUT2D eigenvalue weighted by atomic mass is 32.1. The summed E-state index contributed by atoms with van der Waals surface area (Å²) in [6.07, 6.45) is 2.95. The van der Waals surface area contributed by atoms with Crippen molar-refractivity contribution in [1.82, 2.24) is 10.5 Å². The van der Waals surface area contributed by atoms with Gasteiger partial charge < -0.3 is 9.84 Å². The van der Waals surface area contributed by atoms with Gasteiger partial charge in [0.05, 0.1) is 5.56 Å². The third-order valence-corrected chi connectivity index (χ3v) is 6.59. The van der Waals surface area contributed by atoms with Gasteiger partial charge >= 0.3 is 0 Å². The van der Waals surface area contributed by atoms with E-state index in [0.717, 1.165) is 30.4 Å². The molecule has 0 bridgehead atoms. The van der Waals surface area contributed by atoms with Crippen molar-refractivity contribution in [2.45, 2.75) is 33.1 Å². The number of aromatic nitrogens is 1. The average Bonchev–Trinajstić information content (AvgIpc) is 3.27. The largest absolute Gasteiger partial charge is 0.360 e. The maximum absolute atomic E-state index is 12.9. The van der Waals surface area contributed by atoms with Crippen LogP contribution in [0.15, 0.2) is 34.9 Å². The van der Waals surface area contributed by atoms with Crippen molar-refractivity contribution in [2.75, 3.05) is 5.32 Å². The summed E-state index contributed by atoms with van der Waals surface area (Å²) in [6, 6.07) is 11.7. The number of fused-ring (bicyclic) bond motifs is 1. The Morgan fingerprint density at radius 3 is 2.87 bits per heavy atom. The summed E-state index contributed by atoms with van der Waals surface area (Å²) in [5.74, 6) is 0.612. The van der Waals surface area contributed by atoms with E-state index < -0.39 is 5.91 Å². The lowest BCUT2D eigenvalue weighted by Crippen LogP contribution is -2.34. The number of rotatable bonds is 3. The second-order valence-corrected chi connectivity index (χ2v) is 8.92. The normalized spacial score (nSPS) is 15.2. The fraction of sp³-hybridized carbons (Fsp3) is 0.273. The number of anilines is 1. The van der Waals surface area contributed by atoms with Gasteiger partial charge in [-0.05, 0) is 49.9 Å². The molecule has 2 N–H and O–H groups in total. The van der Waals surface area contributed by atoms with E-state index in [4.69, 9.17) is 16.7 Å². The molecule has 0 radical (unpaired) electrons. The highest BCUT2D eigenvalue weighted by Gasteiger charge is 2.26. The Balaban J connectivity index is 1.53. The number of carbonyl (C=O) groups is 1. The van der Waals surface area contributed by atoms with Crippen LogP contribution < -0.4 is 10.6 Å². The van der Waals surface area contributed by atoms with E-state index in [2.05, 4.69) is 28.8 Å². The smallest absolute Gasteiger partial charge is 0.263 e. The number of nitriles is 1. The van der Waals surface area contributed by atoms with Gasteiger partial charge in [-0.2, -0.15) is 5.26 Å². The van der Waals surface area contributed by atoms with E-state index in [-0.39, 0.29) is 5.11 Å². The van der Waals surface area contributed by atoms with Crippen molar-refractivity contribution >= 4 is 39.6 Å². The SMILES string of the molecule is Cc1onc(-c2ccccc2)c1C(=O)NC(=S)Nc1sc2c(c1C#N)CC[C@@H](C)C2. The van der Waals surface area contributed by atoms with Crippen molar-refractivity contribution in [3.05, 3.63) is 57.7 Å². The number of carbonyl (C=O) groups excluding carboxylic acids is 1. The average molecular weight is 437 g/mol. The first-order chi connectivity index (χ1) is 14.5. The van der Waals surface area contributed by atoms with Gasteiger partial charge in [-0.15, -0.1) is 11.3 Å². The fourth-order valence-corrected chi connectivity index (χ4v) is 5.31. The predicted octanol–water partition coefficient (Wildman–Crippen LogP) is 4.83. The summed E-state index contributed by atoms with van der Waals surface area (Å²) in [4.78, 5) is 14.1. The third-order valence-electron chi connectivity index (χ3n) is 5.21. The highest BCUT2D eigenvalue weighted by molar-refractivity contribution is 7.80. The zero-order valence-electron chi connectivity index (χ0n) is 16.6. The molecule has 4 rings (SSSR count). The molecule has 3 aromatic rings. The second kappa shape index (κ2) is 8.38. The van der Waals surface area contributed by atoms with Crippen LogP contribution in [-0.4, -0.2) is 16.2 Å². The summed E-state index contributed by atoms with van der Waals surface area (Å²) in [5.41, 5.74) is 3.32. The Bertz CT molecular complexity index is 1160. The Morgan fingerprint density at radius 2 is 2.13 bits per heavy atom. The molecule has 0 saturated carbocycles. The molecule has 1 aliphatic carbocycles. The predicted molar refractivity (Wildman–Crippen MR) is 121 cm³/mol. The Kier molecular flexibility index (Phi) is 5.66. The van der Waals surface area contributed by atoms with Crippen LogP contribution in [0.2, 0.25) is 0 Å². The molecule has 2 heterocycles. The number of amides is 1. The van der Waals surface area contributed by atoms with Crippen LogP contribution in [0.5, 0.6) is 0 Å². The molecule has 6 nitrogen and oxygen atoms in total. The first-order valence-corrected chi connectivity index (χ1v) is 10.9. The molecule has 0 spiro atoms. The number of hydrogen-bond donors (Lipinski definition) is 2. The van der Waals surface area contributed by atoms with Crippen molar-refractivity contribution in [1.29, 1.82) is 5.26 Å². The lowest BCUT2D eigenvalue weighted by atomic mass is 9.89. The number of thiophene rings is 1. The van der Waals surface area contributed by atoms with Gasteiger partial charge in [-0.25, -0.2) is 0 Å². The minimum Gasteiger partial charge on any atom is -0.360 e. The monoisotopic (exact) mass is 436 g/mol. The maximum Gasteiger partial charge on any atom is 0.263 e. The van der Waals surface area contributed by atoms with E-state index in [1.807, 2.05) is 30.3 Å². The van der Waals surface area contributed by atoms with Crippen LogP contribution in [0.25, 0.3) is 11.3 Å². The summed E-state index contributed by atoms with van der Waals surface area (Å²) in [6.45, 7) is 3.91. The Labute approximate surface area is 183 Å². The Morgan fingerprint density at radius 1 is 1.37 bits per heavy atom. The van der Waals surface area contributed by atoms with Gasteiger partial charge in [0.2, 0.25) is 0 Å². The van der Waals surface area contributed by atoms with Crippen LogP contribution in [0.3, 0.4) is 0 Å². The van der Waals surface area contributed by atoms with Crippen LogP contribution in [0.1, 0.15) is 45.5 Å². The molecule has 1 aromatic carbocycles. The lowest BCUT2D eigenvalue weighted by Gasteiger charge is -2.17. The molecule has 152 valence electrons. The maximum atomic E-state index is 12.9. The van der Waals surface area contributed by atoms with E-state index in [9.17, 15) is 10.1 Å². The molecule has 0 aliphatic heterocycles. The zero-order valence-corrected chi connectivity index (χ0v) is 18.2. The second-order valence-electron chi connectivity index (χ2n) is 7.40. The molecule has 0 unspecified atom stereocenters. The van der Waals surface area contributed by atoms with Gasteiger partial charge in [0, 0.05) is 10.4 Å². The van der Waals surface area contributed by atoms with Crippen molar-refractivity contribution in [3.63, 3.8) is 0 Å². The first kappa shape index (κ1) is 20.3. The number of nitrogens with one attached hydrogen (secondary N) is 2. The van der Waals surface area contributed by atoms with Crippen LogP contribution in [-0.2, 0) is 12.8 Å². The van der Waals surface area contributed by atoms with Gasteiger partial charge in [0.1, 0.15) is 28.1 Å². The molecule has 30 heavy (non-hydrogen) atoms. The Hall–Kier alpha value is -3.02. The number of nitrogens with zero attached hydrogens (tertiary/aromatic N) is 2. The van der Waals surface area contributed by atoms with Crippen LogP contribution in [0.4, 0.5) is 5.00 Å². The number of hydrogen-bond acceptors (Lipinski definition) is 6. The number of aryl methyl sites for hydroxylation is 1. The summed E-state index contributed by atoms with van der Waals surface area (Å²) in [7, 11) is 0. The molecular formula is C22H20N4O2S2. The zero-order chi connectivity index (χ0) is 21.3. The van der Waals surface area contributed by atoms with E-state index >= 15 is 0 Å². The van der Waals surface area contributed by atoms with E-state index in [1.54, 1.807) is 18.3 Å². The third kappa shape index (κ3) is 3.86. The molecule has 0 fully saturated rings. The number of benzene rings is 1. The van der Waals surface area contributed by atoms with Crippen molar-refractivity contribution < 1.29 is 9.32 Å². The summed E-state index contributed by atoms with van der Waals surface area (Å²) < 4.78 is 5.26. The lowest BCUT2D eigenvalue weighted by molar-refractivity contribution is 0.0977. The van der Waals surface area contributed by atoms with Gasteiger partial charge in [0.15, 0.2) is 5.11 Å². The van der Waals surface area contributed by atoms with E-state index in [1.165, 1.54) is 4.88 Å².